The lowest BCUT2D eigenvalue weighted by molar-refractivity contribution is 0.533. The highest BCUT2D eigenvalue weighted by Crippen LogP contribution is 2.14. The quantitative estimate of drug-likeness (QED) is 0.628. The molecule has 0 fully saturated rings. The molecule has 0 aliphatic carbocycles. The maximum Gasteiger partial charge on any atom is 0.193 e. The average molecular weight is 195 g/mol. The largest absolute Gasteiger partial charge is 0.449 e. The summed E-state index contributed by atoms with van der Waals surface area (Å²) in [7, 11) is 0. The van der Waals surface area contributed by atoms with Gasteiger partial charge in [0.15, 0.2) is 5.22 Å². The zero-order valence-electron chi connectivity index (χ0n) is 4.03. The first-order valence-corrected chi connectivity index (χ1v) is 3.63. The highest BCUT2D eigenvalue weighted by atomic mass is 79.9. The molecular weight excluding hydrogens is 191 g/mol. The molecule has 0 saturated carbocycles. The molecule has 1 rings (SSSR count). The van der Waals surface area contributed by atoms with Crippen molar-refractivity contribution in [3.05, 3.63) is 23.1 Å². The molecule has 0 aromatic carbocycles. The zero-order chi connectivity index (χ0) is 5.98. The predicted octanol–water partition coefficient (Wildman–Crippen LogP) is 2.83. The molecule has 0 amide bonds. The normalized spacial score (nSPS) is 9.75. The van der Waals surface area contributed by atoms with Crippen molar-refractivity contribution in [1.29, 1.82) is 0 Å². The van der Waals surface area contributed by atoms with E-state index >= 15 is 0 Å². The lowest BCUT2D eigenvalue weighted by Crippen LogP contribution is -1.62. The van der Waals surface area contributed by atoms with Gasteiger partial charge in [-0.1, -0.05) is 15.9 Å². The number of alkyl halides is 1. The third-order valence-electron chi connectivity index (χ3n) is 0.761. The van der Waals surface area contributed by atoms with Crippen molar-refractivity contribution < 1.29 is 4.42 Å². The first-order valence-electron chi connectivity index (χ1n) is 2.13. The molecule has 3 heteroatoms. The molecule has 8 heavy (non-hydrogen) atoms. The lowest BCUT2D eigenvalue weighted by Gasteiger charge is -1.80. The minimum Gasteiger partial charge on any atom is -0.449 e. The van der Waals surface area contributed by atoms with Crippen molar-refractivity contribution in [1.82, 2.24) is 0 Å². The molecule has 0 aliphatic heterocycles. The van der Waals surface area contributed by atoms with E-state index < -0.39 is 0 Å². The van der Waals surface area contributed by atoms with E-state index in [1.165, 1.54) is 0 Å². The van der Waals surface area contributed by atoms with E-state index in [9.17, 15) is 0 Å². The number of hydrogen-bond acceptors (Lipinski definition) is 1. The van der Waals surface area contributed by atoms with Crippen LogP contribution in [0.3, 0.4) is 0 Å². The Morgan fingerprint density at radius 1 is 1.62 bits per heavy atom. The summed E-state index contributed by atoms with van der Waals surface area (Å²) < 4.78 is 4.95. The first kappa shape index (κ1) is 6.17. The summed E-state index contributed by atoms with van der Waals surface area (Å²) in [4.78, 5) is 0. The van der Waals surface area contributed by atoms with Crippen LogP contribution in [0.15, 0.2) is 16.5 Å². The second-order valence-corrected chi connectivity index (χ2v) is 2.27. The Balaban J connectivity index is 2.84. The minimum atomic E-state index is 0.444. The van der Waals surface area contributed by atoms with Crippen LogP contribution in [0.1, 0.15) is 5.76 Å². The van der Waals surface area contributed by atoms with Crippen LogP contribution in [0, 0.1) is 0 Å². The lowest BCUT2D eigenvalue weighted by atomic mass is 10.5. The van der Waals surface area contributed by atoms with Gasteiger partial charge < -0.3 is 4.42 Å². The number of hydrogen-bond donors (Lipinski definition) is 0. The summed E-state index contributed by atoms with van der Waals surface area (Å²) in [6.45, 7) is 0. The number of rotatable bonds is 1. The van der Waals surface area contributed by atoms with E-state index in [1.54, 1.807) is 6.07 Å². The molecule has 0 aliphatic rings. The molecule has 0 spiro atoms. The highest BCUT2D eigenvalue weighted by Gasteiger charge is 1.93. The summed E-state index contributed by atoms with van der Waals surface area (Å²) in [5, 5.41) is 1.17. The van der Waals surface area contributed by atoms with E-state index in [-0.39, 0.29) is 0 Å². The Kier molecular flexibility index (Phi) is 1.97. The van der Waals surface area contributed by atoms with Crippen LogP contribution in [0.25, 0.3) is 0 Å². The van der Waals surface area contributed by atoms with Gasteiger partial charge in [-0.15, -0.1) is 0 Å². The SMILES string of the molecule is Clc1ccc(CBr)o1. The molecule has 0 saturated heterocycles. The van der Waals surface area contributed by atoms with Gasteiger partial charge in [-0.05, 0) is 23.7 Å². The standard InChI is InChI=1S/C5H4BrClO/c6-3-4-1-2-5(7)8-4/h1-2H,3H2. The molecule has 0 atom stereocenters. The Bertz CT molecular complexity index is 173. The second kappa shape index (κ2) is 2.55. The fourth-order valence-corrected chi connectivity index (χ4v) is 0.887. The second-order valence-electron chi connectivity index (χ2n) is 1.34. The van der Waals surface area contributed by atoms with Crippen molar-refractivity contribution in [2.24, 2.45) is 0 Å². The Morgan fingerprint density at radius 2 is 2.38 bits per heavy atom. The summed E-state index contributed by atoms with van der Waals surface area (Å²) in [5.41, 5.74) is 0. The summed E-state index contributed by atoms with van der Waals surface area (Å²) in [6.07, 6.45) is 0. The van der Waals surface area contributed by atoms with E-state index in [0.717, 1.165) is 11.1 Å². The molecule has 1 aromatic rings. The van der Waals surface area contributed by atoms with E-state index in [4.69, 9.17) is 16.0 Å². The van der Waals surface area contributed by atoms with E-state index in [2.05, 4.69) is 15.9 Å². The van der Waals surface area contributed by atoms with Crippen LogP contribution in [0.2, 0.25) is 5.22 Å². The minimum absolute atomic E-state index is 0.444. The van der Waals surface area contributed by atoms with Crippen LogP contribution in [0.5, 0.6) is 0 Å². The molecule has 1 nitrogen and oxygen atoms in total. The van der Waals surface area contributed by atoms with E-state index in [0.29, 0.717) is 5.22 Å². The van der Waals surface area contributed by atoms with Crippen LogP contribution >= 0.6 is 27.5 Å². The molecule has 0 bridgehead atoms. The fraction of sp³-hybridized carbons (Fsp3) is 0.200. The average Bonchev–Trinajstić information content (AvgIpc) is 2.14. The first-order chi connectivity index (χ1) is 3.83. The predicted molar refractivity (Wildman–Crippen MR) is 36.3 cm³/mol. The number of halogens is 2. The van der Waals surface area contributed by atoms with Crippen molar-refractivity contribution in [3.8, 4) is 0 Å². The topological polar surface area (TPSA) is 13.1 Å². The van der Waals surface area contributed by atoms with Gasteiger partial charge in [0.05, 0.1) is 5.33 Å². The van der Waals surface area contributed by atoms with Crippen LogP contribution in [0.4, 0.5) is 0 Å². The van der Waals surface area contributed by atoms with Crippen molar-refractivity contribution in [2.45, 2.75) is 5.33 Å². The molecule has 0 unspecified atom stereocenters. The Labute approximate surface area is 60.8 Å². The third-order valence-corrected chi connectivity index (χ3v) is 1.52. The van der Waals surface area contributed by atoms with Gasteiger partial charge >= 0.3 is 0 Å². The molecule has 1 heterocycles. The fourth-order valence-electron chi connectivity index (χ4n) is 0.424. The summed E-state index contributed by atoms with van der Waals surface area (Å²) in [6, 6.07) is 3.55. The Hall–Kier alpha value is 0.0500. The smallest absolute Gasteiger partial charge is 0.193 e. The van der Waals surface area contributed by atoms with Crippen LogP contribution in [-0.2, 0) is 5.33 Å². The van der Waals surface area contributed by atoms with E-state index in [1.807, 2.05) is 6.07 Å². The maximum absolute atomic E-state index is 5.45. The van der Waals surface area contributed by atoms with Gasteiger partial charge in [-0.3, -0.25) is 0 Å². The van der Waals surface area contributed by atoms with Crippen molar-refractivity contribution in [3.63, 3.8) is 0 Å². The molecule has 0 radical (unpaired) electrons. The van der Waals surface area contributed by atoms with Crippen molar-refractivity contribution in [2.75, 3.05) is 0 Å². The van der Waals surface area contributed by atoms with Gasteiger partial charge in [-0.2, -0.15) is 0 Å². The molecule has 44 valence electrons. The zero-order valence-corrected chi connectivity index (χ0v) is 6.37. The summed E-state index contributed by atoms with van der Waals surface area (Å²) >= 11 is 8.67. The highest BCUT2D eigenvalue weighted by molar-refractivity contribution is 9.08. The van der Waals surface area contributed by atoms with Crippen LogP contribution in [-0.4, -0.2) is 0 Å². The van der Waals surface area contributed by atoms with Gasteiger partial charge in [0.25, 0.3) is 0 Å². The number of furan rings is 1. The van der Waals surface area contributed by atoms with Gasteiger partial charge in [0, 0.05) is 0 Å². The maximum atomic E-state index is 5.45. The van der Waals surface area contributed by atoms with Gasteiger partial charge in [0.1, 0.15) is 5.76 Å². The molecule has 1 aromatic heterocycles. The van der Waals surface area contributed by atoms with Gasteiger partial charge in [0.2, 0.25) is 0 Å². The molecular formula is C5H4BrClO. The van der Waals surface area contributed by atoms with Gasteiger partial charge in [-0.25, -0.2) is 0 Å². The monoisotopic (exact) mass is 194 g/mol. The van der Waals surface area contributed by atoms with Crippen molar-refractivity contribution >= 4 is 27.5 Å². The Morgan fingerprint density at radius 3 is 2.62 bits per heavy atom. The van der Waals surface area contributed by atoms with Crippen LogP contribution < -0.4 is 0 Å². The summed E-state index contributed by atoms with van der Waals surface area (Å²) in [5.74, 6) is 0.856. The molecule has 0 N–H and O–H groups in total. The third kappa shape index (κ3) is 1.26.